The summed E-state index contributed by atoms with van der Waals surface area (Å²) < 4.78 is 2.06. The van der Waals surface area contributed by atoms with Crippen LogP contribution in [0.3, 0.4) is 0 Å². The van der Waals surface area contributed by atoms with Gasteiger partial charge in [-0.05, 0) is 45.4 Å². The van der Waals surface area contributed by atoms with Gasteiger partial charge in [0.25, 0.3) is 0 Å². The van der Waals surface area contributed by atoms with Crippen LogP contribution in [0.4, 0.5) is 0 Å². The third kappa shape index (κ3) is 3.81. The molecule has 1 aliphatic rings. The Bertz CT molecular complexity index is 740. The summed E-state index contributed by atoms with van der Waals surface area (Å²) in [5.41, 5.74) is 4.94. The fourth-order valence-electron chi connectivity index (χ4n) is 2.90. The highest BCUT2D eigenvalue weighted by atomic mass is 32.1. The summed E-state index contributed by atoms with van der Waals surface area (Å²) in [6.07, 6.45) is 4.74. The van der Waals surface area contributed by atoms with Crippen LogP contribution in [-0.2, 0) is 0 Å². The zero-order valence-electron chi connectivity index (χ0n) is 14.2. The summed E-state index contributed by atoms with van der Waals surface area (Å²) in [5.74, 6) is 0.831. The van der Waals surface area contributed by atoms with E-state index < -0.39 is 0 Å². The molecule has 2 aromatic rings. The Labute approximate surface area is 142 Å². The number of hydrogen-bond acceptors (Lipinski definition) is 3. The van der Waals surface area contributed by atoms with E-state index in [0.717, 1.165) is 35.8 Å². The lowest BCUT2D eigenvalue weighted by Gasteiger charge is -2.19. The van der Waals surface area contributed by atoms with E-state index in [1.54, 1.807) is 11.3 Å². The molecule has 4 heteroatoms. The molecular weight excluding hydrogens is 302 g/mol. The normalized spacial score (nSPS) is 19.2. The number of nitrogens with zero attached hydrogens (tertiary/aromatic N) is 3. The van der Waals surface area contributed by atoms with Crippen molar-refractivity contribution in [2.45, 2.75) is 46.5 Å². The molecule has 0 bridgehead atoms. The van der Waals surface area contributed by atoms with E-state index in [9.17, 15) is 0 Å². The maximum absolute atomic E-state index is 4.98. The minimum Gasteiger partial charge on any atom is -0.258 e. The van der Waals surface area contributed by atoms with Crippen LogP contribution >= 0.6 is 11.3 Å². The quantitative estimate of drug-likeness (QED) is 0.770. The fraction of sp³-hybridized carbons (Fsp3) is 0.474. The number of benzene rings is 1. The van der Waals surface area contributed by atoms with Crippen molar-refractivity contribution in [1.29, 1.82) is 0 Å². The predicted molar refractivity (Wildman–Crippen MR) is 99.1 cm³/mol. The monoisotopic (exact) mass is 327 g/mol. The smallest absolute Gasteiger partial charge is 0.206 e. The Morgan fingerprint density at radius 3 is 2.52 bits per heavy atom. The molecule has 0 spiro atoms. The molecule has 0 atom stereocenters. The van der Waals surface area contributed by atoms with Crippen molar-refractivity contribution in [2.24, 2.45) is 16.0 Å². The molecule has 23 heavy (non-hydrogen) atoms. The third-order valence-corrected chi connectivity index (χ3v) is 5.27. The van der Waals surface area contributed by atoms with E-state index >= 15 is 0 Å². The number of hydrogen-bond donors (Lipinski definition) is 0. The first-order chi connectivity index (χ1) is 11.2. The molecule has 122 valence electrons. The summed E-state index contributed by atoms with van der Waals surface area (Å²) in [7, 11) is 0. The van der Waals surface area contributed by atoms with Crippen molar-refractivity contribution >= 4 is 17.0 Å². The Balaban J connectivity index is 2.03. The van der Waals surface area contributed by atoms with Gasteiger partial charge in [-0.2, -0.15) is 5.10 Å². The molecular formula is C19H25N3S. The summed E-state index contributed by atoms with van der Waals surface area (Å²) in [4.78, 5) is 5.62. The lowest BCUT2D eigenvalue weighted by atomic mass is 9.90. The average Bonchev–Trinajstić information content (AvgIpc) is 2.94. The molecule has 0 amide bonds. The first kappa shape index (κ1) is 16.2. The van der Waals surface area contributed by atoms with E-state index in [1.807, 2.05) is 0 Å². The van der Waals surface area contributed by atoms with Crippen LogP contribution in [0.5, 0.6) is 0 Å². The highest BCUT2D eigenvalue weighted by molar-refractivity contribution is 7.07. The zero-order chi connectivity index (χ0) is 16.2. The van der Waals surface area contributed by atoms with Crippen molar-refractivity contribution in [3.8, 4) is 11.3 Å². The van der Waals surface area contributed by atoms with Gasteiger partial charge in [0.05, 0.1) is 5.69 Å². The van der Waals surface area contributed by atoms with Crippen LogP contribution in [-0.4, -0.2) is 16.9 Å². The van der Waals surface area contributed by atoms with Gasteiger partial charge in [-0.1, -0.05) is 36.8 Å². The third-order valence-electron chi connectivity index (χ3n) is 4.42. The predicted octanol–water partition coefficient (Wildman–Crippen LogP) is 4.86. The molecule has 0 radical (unpaired) electrons. The molecule has 1 saturated carbocycles. The molecule has 1 aromatic heterocycles. The second kappa shape index (κ2) is 7.26. The summed E-state index contributed by atoms with van der Waals surface area (Å²) >= 11 is 1.68. The van der Waals surface area contributed by atoms with Gasteiger partial charge in [0, 0.05) is 23.2 Å². The van der Waals surface area contributed by atoms with Gasteiger partial charge in [0.15, 0.2) is 0 Å². The molecule has 3 nitrogen and oxygen atoms in total. The summed E-state index contributed by atoms with van der Waals surface area (Å²) in [5, 5.41) is 7.16. The topological polar surface area (TPSA) is 29.6 Å². The number of aromatic nitrogens is 1. The van der Waals surface area contributed by atoms with Crippen molar-refractivity contribution in [3.63, 3.8) is 0 Å². The highest BCUT2D eigenvalue weighted by Crippen LogP contribution is 2.24. The molecule has 0 aliphatic heterocycles. The summed E-state index contributed by atoms with van der Waals surface area (Å²) in [6.45, 7) is 7.32. The standard InChI is InChI=1S/C19H25N3S/c1-4-20-19-22(21-17-11-7-15(3)8-12-17)18(13-23-19)16-9-5-14(2)6-10-16/h5-6,9-10,13,15H,4,7-8,11-12H2,1-3H3. The fourth-order valence-corrected chi connectivity index (χ4v) is 3.79. The SMILES string of the molecule is CCN=c1scc(-c2ccc(C)cc2)n1N=C1CCC(C)CC1. The van der Waals surface area contributed by atoms with E-state index in [0.29, 0.717) is 0 Å². The van der Waals surface area contributed by atoms with Crippen molar-refractivity contribution in [1.82, 2.24) is 4.68 Å². The van der Waals surface area contributed by atoms with Crippen molar-refractivity contribution in [2.75, 3.05) is 6.54 Å². The molecule has 0 N–H and O–H groups in total. The Hall–Kier alpha value is -1.68. The van der Waals surface area contributed by atoms with Crippen LogP contribution in [0.1, 0.15) is 45.1 Å². The van der Waals surface area contributed by atoms with Crippen LogP contribution < -0.4 is 4.80 Å². The summed E-state index contributed by atoms with van der Waals surface area (Å²) in [6, 6.07) is 8.66. The van der Waals surface area contributed by atoms with E-state index in [1.165, 1.54) is 29.7 Å². The highest BCUT2D eigenvalue weighted by Gasteiger charge is 2.15. The molecule has 1 fully saturated rings. The lowest BCUT2D eigenvalue weighted by molar-refractivity contribution is 0.481. The van der Waals surface area contributed by atoms with Crippen LogP contribution in [0.2, 0.25) is 0 Å². The van der Waals surface area contributed by atoms with Gasteiger partial charge in [-0.15, -0.1) is 11.3 Å². The Morgan fingerprint density at radius 2 is 1.87 bits per heavy atom. The average molecular weight is 327 g/mol. The van der Waals surface area contributed by atoms with Gasteiger partial charge in [0.1, 0.15) is 0 Å². The lowest BCUT2D eigenvalue weighted by Crippen LogP contribution is -2.18. The molecule has 1 aromatic carbocycles. The maximum Gasteiger partial charge on any atom is 0.206 e. The maximum atomic E-state index is 4.98. The Morgan fingerprint density at radius 1 is 1.17 bits per heavy atom. The Kier molecular flexibility index (Phi) is 5.11. The molecule has 3 rings (SSSR count). The zero-order valence-corrected chi connectivity index (χ0v) is 15.1. The molecule has 0 unspecified atom stereocenters. The van der Waals surface area contributed by atoms with Gasteiger partial charge < -0.3 is 0 Å². The number of rotatable bonds is 3. The van der Waals surface area contributed by atoms with Crippen LogP contribution in [0.25, 0.3) is 11.3 Å². The first-order valence-electron chi connectivity index (χ1n) is 8.52. The van der Waals surface area contributed by atoms with Gasteiger partial charge >= 0.3 is 0 Å². The molecule has 1 aliphatic carbocycles. The van der Waals surface area contributed by atoms with E-state index in [4.69, 9.17) is 5.10 Å². The van der Waals surface area contributed by atoms with Crippen LogP contribution in [0, 0.1) is 12.8 Å². The van der Waals surface area contributed by atoms with E-state index in [-0.39, 0.29) is 0 Å². The minimum atomic E-state index is 0.787. The molecule has 1 heterocycles. The largest absolute Gasteiger partial charge is 0.258 e. The van der Waals surface area contributed by atoms with Crippen LogP contribution in [0.15, 0.2) is 39.7 Å². The molecule has 0 saturated heterocycles. The number of thiazole rings is 1. The van der Waals surface area contributed by atoms with Crippen molar-refractivity contribution < 1.29 is 0 Å². The van der Waals surface area contributed by atoms with Gasteiger partial charge in [-0.3, -0.25) is 4.99 Å². The van der Waals surface area contributed by atoms with Gasteiger partial charge in [-0.25, -0.2) is 4.68 Å². The second-order valence-corrected chi connectivity index (χ2v) is 7.24. The first-order valence-corrected chi connectivity index (χ1v) is 9.40. The number of aryl methyl sites for hydroxylation is 1. The van der Waals surface area contributed by atoms with Crippen molar-refractivity contribution in [3.05, 3.63) is 40.0 Å². The van der Waals surface area contributed by atoms with Gasteiger partial charge in [0.2, 0.25) is 4.80 Å². The van der Waals surface area contributed by atoms with E-state index in [2.05, 4.69) is 60.1 Å². The second-order valence-electron chi connectivity index (χ2n) is 6.40. The minimum absolute atomic E-state index is 0.787.